The van der Waals surface area contributed by atoms with Crippen molar-refractivity contribution in [3.63, 3.8) is 0 Å². The first-order valence-electron chi connectivity index (χ1n) is 11.8. The van der Waals surface area contributed by atoms with Crippen LogP contribution in [0.25, 0.3) is 16.8 Å². The fourth-order valence-corrected chi connectivity index (χ4v) is 4.62. The zero-order chi connectivity index (χ0) is 22.8. The Balaban J connectivity index is 1.31. The number of nitrogens with zero attached hydrogens (tertiary/aromatic N) is 6. The number of ether oxygens (including phenoxy) is 1. The van der Waals surface area contributed by atoms with Gasteiger partial charge in [-0.25, -0.2) is 14.3 Å². The summed E-state index contributed by atoms with van der Waals surface area (Å²) >= 11 is 0. The highest BCUT2D eigenvalue weighted by atomic mass is 16.6. The zero-order valence-electron chi connectivity index (χ0n) is 19.3. The number of hydrogen-bond donors (Lipinski definition) is 1. The molecule has 0 saturated carbocycles. The fourth-order valence-electron chi connectivity index (χ4n) is 4.62. The number of aromatic nitrogens is 4. The second kappa shape index (κ2) is 8.97. The number of aryl methyl sites for hydroxylation is 1. The summed E-state index contributed by atoms with van der Waals surface area (Å²) in [5.74, 6) is 0.894. The van der Waals surface area contributed by atoms with E-state index >= 15 is 0 Å². The molecule has 9 nitrogen and oxygen atoms in total. The number of carbonyl (C=O) groups is 1. The SMILES string of the molecule is CCCc1ncccc1-c1cnn2ccc(N3CCN(C(=O)O[C@]4(C)CCNC4)CC3)nc12. The molecule has 0 aromatic carbocycles. The molecule has 0 aliphatic carbocycles. The summed E-state index contributed by atoms with van der Waals surface area (Å²) in [6.07, 6.45) is 8.24. The van der Waals surface area contributed by atoms with Crippen LogP contribution in [0.2, 0.25) is 0 Å². The van der Waals surface area contributed by atoms with Crippen LogP contribution in [0.15, 0.2) is 36.8 Å². The number of pyridine rings is 1. The summed E-state index contributed by atoms with van der Waals surface area (Å²) in [6, 6.07) is 6.04. The molecule has 3 aromatic heterocycles. The van der Waals surface area contributed by atoms with Crippen LogP contribution in [0.1, 0.15) is 32.4 Å². The van der Waals surface area contributed by atoms with Gasteiger partial charge in [0.05, 0.1) is 6.20 Å². The van der Waals surface area contributed by atoms with Gasteiger partial charge < -0.3 is 19.9 Å². The minimum Gasteiger partial charge on any atom is -0.442 e. The third-order valence-electron chi connectivity index (χ3n) is 6.55. The predicted octanol–water partition coefficient (Wildman–Crippen LogP) is 2.75. The number of amides is 1. The predicted molar refractivity (Wildman–Crippen MR) is 126 cm³/mol. The lowest BCUT2D eigenvalue weighted by atomic mass is 10.0. The highest BCUT2D eigenvalue weighted by Gasteiger charge is 2.35. The molecule has 5 heterocycles. The second-order valence-electron chi connectivity index (χ2n) is 9.08. The standard InChI is InChI=1S/C24H31N7O2/c1-3-5-20-18(6-4-9-26-20)19-16-27-31-11-7-21(28-22(19)31)29-12-14-30(15-13-29)23(32)33-24(2)8-10-25-17-24/h4,6-7,9,11,16,25H,3,5,8,10,12-15,17H2,1-2H3/t24-/m1/s1. The van der Waals surface area contributed by atoms with Crippen molar-refractivity contribution in [3.05, 3.63) is 42.5 Å². The van der Waals surface area contributed by atoms with Gasteiger partial charge in [-0.15, -0.1) is 0 Å². The van der Waals surface area contributed by atoms with Crippen molar-refractivity contribution >= 4 is 17.6 Å². The van der Waals surface area contributed by atoms with Crippen molar-refractivity contribution in [1.82, 2.24) is 29.8 Å². The lowest BCUT2D eigenvalue weighted by Crippen LogP contribution is -2.51. The van der Waals surface area contributed by atoms with E-state index < -0.39 is 5.60 Å². The quantitative estimate of drug-likeness (QED) is 0.641. The number of hydrogen-bond acceptors (Lipinski definition) is 7. The van der Waals surface area contributed by atoms with E-state index in [1.807, 2.05) is 42.2 Å². The third-order valence-corrected chi connectivity index (χ3v) is 6.55. The molecule has 9 heteroatoms. The summed E-state index contributed by atoms with van der Waals surface area (Å²) in [6.45, 7) is 8.42. The minimum atomic E-state index is -0.401. The van der Waals surface area contributed by atoms with Crippen LogP contribution < -0.4 is 10.2 Å². The zero-order valence-corrected chi connectivity index (χ0v) is 19.3. The molecule has 5 rings (SSSR count). The van der Waals surface area contributed by atoms with Gasteiger partial charge in [-0.3, -0.25) is 4.98 Å². The Hall–Kier alpha value is -3.20. The number of piperazine rings is 1. The molecule has 0 unspecified atom stereocenters. The number of anilines is 1. The van der Waals surface area contributed by atoms with Crippen molar-refractivity contribution in [2.75, 3.05) is 44.2 Å². The Kier molecular flexibility index (Phi) is 5.88. The van der Waals surface area contributed by atoms with E-state index in [4.69, 9.17) is 9.72 Å². The van der Waals surface area contributed by atoms with E-state index in [9.17, 15) is 4.79 Å². The number of rotatable bonds is 5. The van der Waals surface area contributed by atoms with E-state index in [0.717, 1.165) is 54.1 Å². The van der Waals surface area contributed by atoms with Crippen molar-refractivity contribution in [2.45, 2.75) is 38.7 Å². The average Bonchev–Trinajstić information content (AvgIpc) is 3.45. The lowest BCUT2D eigenvalue weighted by Gasteiger charge is -2.36. The molecule has 174 valence electrons. The molecule has 3 aromatic rings. The van der Waals surface area contributed by atoms with Gasteiger partial charge in [0.25, 0.3) is 0 Å². The molecule has 1 amide bonds. The second-order valence-corrected chi connectivity index (χ2v) is 9.08. The van der Waals surface area contributed by atoms with Crippen molar-refractivity contribution in [1.29, 1.82) is 0 Å². The Bertz CT molecular complexity index is 1130. The Morgan fingerprint density at radius 1 is 1.21 bits per heavy atom. The first kappa shape index (κ1) is 21.6. The molecule has 2 aliphatic heterocycles. The van der Waals surface area contributed by atoms with Crippen molar-refractivity contribution in [3.8, 4) is 11.1 Å². The molecular weight excluding hydrogens is 418 g/mol. The number of carbonyl (C=O) groups excluding carboxylic acids is 1. The summed E-state index contributed by atoms with van der Waals surface area (Å²) in [4.78, 5) is 26.2. The summed E-state index contributed by atoms with van der Waals surface area (Å²) in [5, 5.41) is 7.77. The smallest absolute Gasteiger partial charge is 0.410 e. The molecule has 33 heavy (non-hydrogen) atoms. The highest BCUT2D eigenvalue weighted by molar-refractivity contribution is 5.79. The van der Waals surface area contributed by atoms with Crippen molar-refractivity contribution in [2.24, 2.45) is 0 Å². The maximum absolute atomic E-state index is 12.7. The fraction of sp³-hybridized carbons (Fsp3) is 0.500. The van der Waals surface area contributed by atoms with Gasteiger partial charge in [-0.1, -0.05) is 19.4 Å². The van der Waals surface area contributed by atoms with Gasteiger partial charge in [0.2, 0.25) is 0 Å². The Morgan fingerprint density at radius 2 is 2.06 bits per heavy atom. The van der Waals surface area contributed by atoms with E-state index in [-0.39, 0.29) is 6.09 Å². The van der Waals surface area contributed by atoms with E-state index in [1.54, 1.807) is 4.90 Å². The van der Waals surface area contributed by atoms with Crippen LogP contribution in [0.5, 0.6) is 0 Å². The third kappa shape index (κ3) is 4.37. The van der Waals surface area contributed by atoms with Gasteiger partial charge in [0, 0.05) is 68.4 Å². The Labute approximate surface area is 193 Å². The molecule has 1 N–H and O–H groups in total. The van der Waals surface area contributed by atoms with E-state index in [0.29, 0.717) is 32.7 Å². The normalized spacial score (nSPS) is 21.0. The molecule has 1 atom stereocenters. The molecule has 2 fully saturated rings. The summed E-state index contributed by atoms with van der Waals surface area (Å²) in [5.41, 5.74) is 3.57. The molecular formula is C24H31N7O2. The maximum atomic E-state index is 12.7. The first-order valence-corrected chi connectivity index (χ1v) is 11.8. The summed E-state index contributed by atoms with van der Waals surface area (Å²) < 4.78 is 7.61. The van der Waals surface area contributed by atoms with Gasteiger partial charge in [-0.2, -0.15) is 5.10 Å². The van der Waals surface area contributed by atoms with Crippen LogP contribution in [-0.4, -0.2) is 75.4 Å². The van der Waals surface area contributed by atoms with Crippen LogP contribution in [-0.2, 0) is 11.2 Å². The van der Waals surface area contributed by atoms with Crippen molar-refractivity contribution < 1.29 is 9.53 Å². The van der Waals surface area contributed by atoms with Gasteiger partial charge in [-0.05, 0) is 32.0 Å². The van der Waals surface area contributed by atoms with Gasteiger partial charge >= 0.3 is 6.09 Å². The lowest BCUT2D eigenvalue weighted by molar-refractivity contribution is 0.0136. The van der Waals surface area contributed by atoms with Gasteiger partial charge in [0.1, 0.15) is 11.4 Å². The van der Waals surface area contributed by atoms with E-state index in [2.05, 4.69) is 33.3 Å². The first-order chi connectivity index (χ1) is 16.1. The minimum absolute atomic E-state index is 0.220. The van der Waals surface area contributed by atoms with Gasteiger partial charge in [0.15, 0.2) is 5.65 Å². The highest BCUT2D eigenvalue weighted by Crippen LogP contribution is 2.28. The van der Waals surface area contributed by atoms with Crippen LogP contribution in [0, 0.1) is 0 Å². The molecule has 0 bridgehead atoms. The average molecular weight is 450 g/mol. The van der Waals surface area contributed by atoms with Crippen LogP contribution in [0.4, 0.5) is 10.6 Å². The number of fused-ring (bicyclic) bond motifs is 1. The molecule has 0 spiro atoms. The topological polar surface area (TPSA) is 87.9 Å². The monoisotopic (exact) mass is 449 g/mol. The molecule has 2 aliphatic rings. The van der Waals surface area contributed by atoms with Crippen LogP contribution >= 0.6 is 0 Å². The largest absolute Gasteiger partial charge is 0.442 e. The maximum Gasteiger partial charge on any atom is 0.410 e. The van der Waals surface area contributed by atoms with E-state index in [1.165, 1.54) is 0 Å². The molecule has 0 radical (unpaired) electrons. The van der Waals surface area contributed by atoms with Crippen LogP contribution in [0.3, 0.4) is 0 Å². The summed E-state index contributed by atoms with van der Waals surface area (Å²) in [7, 11) is 0. The molecule has 2 saturated heterocycles. The Morgan fingerprint density at radius 3 is 2.82 bits per heavy atom. The number of nitrogens with one attached hydrogen (secondary N) is 1.